The first kappa shape index (κ1) is 20.1. The fourth-order valence-electron chi connectivity index (χ4n) is 4.23. The van der Waals surface area contributed by atoms with Gasteiger partial charge in [-0.25, -0.2) is 9.78 Å². The number of aromatic carboxylic acids is 1. The van der Waals surface area contributed by atoms with Gasteiger partial charge in [-0.3, -0.25) is 4.79 Å². The van der Waals surface area contributed by atoms with E-state index >= 15 is 0 Å². The first-order chi connectivity index (χ1) is 13.4. The molecule has 28 heavy (non-hydrogen) atoms. The zero-order chi connectivity index (χ0) is 20.4. The summed E-state index contributed by atoms with van der Waals surface area (Å²) in [5.41, 5.74) is 2.68. The van der Waals surface area contributed by atoms with Gasteiger partial charge >= 0.3 is 5.97 Å². The molecule has 2 aromatic heterocycles. The number of carbonyl (C=O) groups is 1. The molecule has 0 spiro atoms. The van der Waals surface area contributed by atoms with Gasteiger partial charge in [0.2, 0.25) is 5.43 Å². The Hall–Kier alpha value is -2.63. The van der Waals surface area contributed by atoms with Gasteiger partial charge in [0.1, 0.15) is 11.1 Å². The van der Waals surface area contributed by atoms with Crippen LogP contribution in [0.15, 0.2) is 40.6 Å². The molecular weight excluding hydrogens is 354 g/mol. The highest BCUT2D eigenvalue weighted by molar-refractivity contribution is 5.91. The molecule has 1 aliphatic carbocycles. The Morgan fingerprint density at radius 2 is 1.96 bits per heavy atom. The Morgan fingerprint density at radius 1 is 1.29 bits per heavy atom. The highest BCUT2D eigenvalue weighted by Crippen LogP contribution is 2.31. The molecule has 0 radical (unpaired) electrons. The van der Waals surface area contributed by atoms with Crippen LogP contribution in [-0.2, 0) is 0 Å². The fraction of sp³-hybridized carbons (Fsp3) is 0.500. The molecule has 6 heteroatoms. The van der Waals surface area contributed by atoms with Gasteiger partial charge in [0.05, 0.1) is 12.4 Å². The van der Waals surface area contributed by atoms with Crippen LogP contribution in [0.5, 0.6) is 0 Å². The van der Waals surface area contributed by atoms with Gasteiger partial charge in [-0.2, -0.15) is 0 Å². The van der Waals surface area contributed by atoms with Gasteiger partial charge in [-0.1, -0.05) is 50.0 Å². The molecule has 2 heterocycles. The number of nitrogens with zero attached hydrogens (tertiary/aromatic N) is 3. The molecule has 0 bridgehead atoms. The molecule has 150 valence electrons. The van der Waals surface area contributed by atoms with Gasteiger partial charge in [0, 0.05) is 12.2 Å². The Balaban J connectivity index is 2.26. The van der Waals surface area contributed by atoms with Crippen molar-refractivity contribution < 1.29 is 9.90 Å². The summed E-state index contributed by atoms with van der Waals surface area (Å²) in [7, 11) is 0. The fourth-order valence-corrected chi connectivity index (χ4v) is 4.23. The van der Waals surface area contributed by atoms with Crippen LogP contribution in [0.25, 0.3) is 11.2 Å². The predicted octanol–water partition coefficient (Wildman–Crippen LogP) is 4.87. The molecule has 0 saturated heterocycles. The maximum atomic E-state index is 13.1. The Bertz CT molecular complexity index is 1000. The zero-order valence-electron chi connectivity index (χ0n) is 17.1. The normalized spacial score (nSPS) is 17.1. The number of carboxylic acids is 1. The maximum absolute atomic E-state index is 13.1. The summed E-state index contributed by atoms with van der Waals surface area (Å²) in [6, 6.07) is 0.111. The largest absolute Gasteiger partial charge is 0.477 e. The van der Waals surface area contributed by atoms with Gasteiger partial charge < -0.3 is 14.2 Å². The topological polar surface area (TPSA) is 77.1 Å². The summed E-state index contributed by atoms with van der Waals surface area (Å²) in [6.45, 7) is 8.33. The number of hydrogen-bond acceptors (Lipinski definition) is 3. The van der Waals surface area contributed by atoms with E-state index in [-0.39, 0.29) is 17.6 Å². The number of allylic oxidation sites excluding steroid dienone is 4. The van der Waals surface area contributed by atoms with Gasteiger partial charge in [-0.05, 0) is 33.1 Å². The second-order valence-corrected chi connectivity index (χ2v) is 7.73. The number of imidazole rings is 1. The summed E-state index contributed by atoms with van der Waals surface area (Å²) >= 11 is 0. The minimum Gasteiger partial charge on any atom is -0.477 e. The summed E-state index contributed by atoms with van der Waals surface area (Å²) < 4.78 is 3.79. The van der Waals surface area contributed by atoms with Gasteiger partial charge in [0.15, 0.2) is 5.65 Å². The number of hydrogen-bond donors (Lipinski definition) is 1. The third kappa shape index (κ3) is 3.55. The minimum atomic E-state index is -1.19. The number of pyridine rings is 1. The lowest BCUT2D eigenvalue weighted by molar-refractivity contribution is 0.0694. The third-order valence-corrected chi connectivity index (χ3v) is 5.59. The van der Waals surface area contributed by atoms with E-state index < -0.39 is 11.4 Å². The van der Waals surface area contributed by atoms with Crippen molar-refractivity contribution >= 4 is 17.1 Å². The molecule has 0 aliphatic heterocycles. The lowest BCUT2D eigenvalue weighted by atomic mass is 9.96. The van der Waals surface area contributed by atoms with E-state index in [0.29, 0.717) is 11.2 Å². The molecule has 1 N–H and O–H groups in total. The molecule has 0 amide bonds. The van der Waals surface area contributed by atoms with Crippen LogP contribution in [0.3, 0.4) is 0 Å². The molecule has 1 aliphatic rings. The van der Waals surface area contributed by atoms with Crippen molar-refractivity contribution in [2.45, 2.75) is 71.9 Å². The summed E-state index contributed by atoms with van der Waals surface area (Å²) in [6.07, 6.45) is 12.0. The van der Waals surface area contributed by atoms with E-state index in [1.807, 2.05) is 16.1 Å². The monoisotopic (exact) mass is 383 g/mol. The van der Waals surface area contributed by atoms with Gasteiger partial charge in [-0.15, -0.1) is 0 Å². The van der Waals surface area contributed by atoms with Crippen LogP contribution < -0.4 is 5.43 Å². The predicted molar refractivity (Wildman–Crippen MR) is 111 cm³/mol. The Labute approximate surface area is 165 Å². The van der Waals surface area contributed by atoms with Crippen LogP contribution in [0.1, 0.15) is 82.2 Å². The van der Waals surface area contributed by atoms with Crippen molar-refractivity contribution in [2.75, 3.05) is 0 Å². The Kier molecular flexibility index (Phi) is 5.87. The summed E-state index contributed by atoms with van der Waals surface area (Å²) in [5, 5.41) is 9.65. The van der Waals surface area contributed by atoms with E-state index in [1.165, 1.54) is 11.8 Å². The SMILES string of the molecule is CCCC(CCC)n1cc(C(=O)O)c(=O)c2c1ncn2[C@@H]1CC=C(C)C=C1C. The molecule has 6 nitrogen and oxygen atoms in total. The zero-order valence-corrected chi connectivity index (χ0v) is 17.1. The van der Waals surface area contributed by atoms with Crippen molar-refractivity contribution in [1.82, 2.24) is 14.1 Å². The van der Waals surface area contributed by atoms with E-state index in [0.717, 1.165) is 37.7 Å². The molecular formula is C22H29N3O3. The number of aromatic nitrogens is 3. The lowest BCUT2D eigenvalue weighted by Crippen LogP contribution is -2.24. The second-order valence-electron chi connectivity index (χ2n) is 7.73. The summed E-state index contributed by atoms with van der Waals surface area (Å²) in [4.78, 5) is 29.5. The van der Waals surface area contributed by atoms with Crippen molar-refractivity contribution in [3.8, 4) is 0 Å². The number of carboxylic acid groups (broad SMARTS) is 1. The maximum Gasteiger partial charge on any atom is 0.341 e. The molecule has 0 unspecified atom stereocenters. The minimum absolute atomic E-state index is 0.0188. The van der Waals surface area contributed by atoms with E-state index in [1.54, 1.807) is 6.33 Å². The molecule has 0 aromatic carbocycles. The molecule has 3 rings (SSSR count). The Morgan fingerprint density at radius 3 is 2.54 bits per heavy atom. The van der Waals surface area contributed by atoms with Crippen LogP contribution in [0.2, 0.25) is 0 Å². The molecule has 1 atom stereocenters. The van der Waals surface area contributed by atoms with Crippen molar-refractivity contribution in [3.63, 3.8) is 0 Å². The average Bonchev–Trinajstić information content (AvgIpc) is 3.07. The van der Waals surface area contributed by atoms with Crippen LogP contribution >= 0.6 is 0 Å². The van der Waals surface area contributed by atoms with E-state index in [4.69, 9.17) is 0 Å². The molecule has 0 fully saturated rings. The third-order valence-electron chi connectivity index (χ3n) is 5.59. The molecule has 0 saturated carbocycles. The van der Waals surface area contributed by atoms with Crippen LogP contribution in [-0.4, -0.2) is 25.2 Å². The van der Waals surface area contributed by atoms with Crippen LogP contribution in [0, 0.1) is 0 Å². The second kappa shape index (κ2) is 8.17. The van der Waals surface area contributed by atoms with E-state index in [9.17, 15) is 14.7 Å². The van der Waals surface area contributed by atoms with Crippen LogP contribution in [0.4, 0.5) is 0 Å². The highest BCUT2D eigenvalue weighted by atomic mass is 16.4. The standard InChI is InChI=1S/C22H29N3O3/c1-5-7-16(8-6-2)24-12-17(22(27)28)20(26)19-21(24)23-13-25(19)18-10-9-14(3)11-15(18)4/h9,11-13,16,18H,5-8,10H2,1-4H3,(H,27,28)/t18-/m1/s1. The summed E-state index contributed by atoms with van der Waals surface area (Å²) in [5.74, 6) is -1.19. The molecule has 2 aromatic rings. The number of fused-ring (bicyclic) bond motifs is 1. The first-order valence-electron chi connectivity index (χ1n) is 10.1. The van der Waals surface area contributed by atoms with Crippen molar-refractivity contribution in [3.05, 3.63) is 51.6 Å². The van der Waals surface area contributed by atoms with E-state index in [2.05, 4.69) is 37.9 Å². The smallest absolute Gasteiger partial charge is 0.341 e. The quantitative estimate of drug-likeness (QED) is 0.739. The average molecular weight is 383 g/mol. The van der Waals surface area contributed by atoms with Gasteiger partial charge in [0.25, 0.3) is 0 Å². The first-order valence-corrected chi connectivity index (χ1v) is 10.1. The highest BCUT2D eigenvalue weighted by Gasteiger charge is 2.25. The number of rotatable bonds is 7. The van der Waals surface area contributed by atoms with Crippen molar-refractivity contribution in [1.29, 1.82) is 0 Å². The van der Waals surface area contributed by atoms with Crippen molar-refractivity contribution in [2.24, 2.45) is 0 Å². The lowest BCUT2D eigenvalue weighted by Gasteiger charge is -2.24.